The molecule has 0 saturated heterocycles. The van der Waals surface area contributed by atoms with E-state index in [1.54, 1.807) is 0 Å². The number of hydrogen-bond acceptors (Lipinski definition) is 2. The molecular weight excluding hydrogens is 294 g/mol. The fraction of sp³-hybridized carbons (Fsp3) is 0.182. The van der Waals surface area contributed by atoms with Gasteiger partial charge >= 0.3 is 0 Å². The molecule has 0 spiro atoms. The Morgan fingerprint density at radius 2 is 1.50 bits per heavy atom. The molecule has 0 saturated carbocycles. The highest BCUT2D eigenvalue weighted by Gasteiger charge is 2.19. The first kappa shape index (κ1) is 14.8. The van der Waals surface area contributed by atoms with Gasteiger partial charge < -0.3 is 9.64 Å². The summed E-state index contributed by atoms with van der Waals surface area (Å²) in [5.41, 5.74) is 5.28. The Hall–Kier alpha value is -2.74. The highest BCUT2D eigenvalue weighted by Crippen LogP contribution is 2.32. The van der Waals surface area contributed by atoms with Crippen LogP contribution in [0.25, 0.3) is 0 Å². The fourth-order valence-electron chi connectivity index (χ4n) is 3.25. The Balaban J connectivity index is 1.44. The summed E-state index contributed by atoms with van der Waals surface area (Å²) in [7, 11) is 0. The molecule has 0 N–H and O–H groups in total. The molecule has 0 bridgehead atoms. The molecule has 0 radical (unpaired) electrons. The molecule has 120 valence electrons. The molecule has 0 aliphatic carbocycles. The third kappa shape index (κ3) is 3.28. The molecule has 4 rings (SSSR count). The van der Waals surface area contributed by atoms with Crippen molar-refractivity contribution in [2.45, 2.75) is 19.6 Å². The molecule has 1 aliphatic heterocycles. The number of nitrogens with zero attached hydrogens (tertiary/aromatic N) is 1. The number of ether oxygens (including phenoxy) is 1. The highest BCUT2D eigenvalue weighted by atomic mass is 16.5. The highest BCUT2D eigenvalue weighted by molar-refractivity contribution is 5.60. The summed E-state index contributed by atoms with van der Waals surface area (Å²) in [6, 6.07) is 27.4. The molecule has 1 aliphatic rings. The minimum atomic E-state index is 0.618. The molecule has 0 fully saturated rings. The van der Waals surface area contributed by atoms with Crippen LogP contribution in [0, 0.1) is 0 Å². The van der Waals surface area contributed by atoms with E-state index in [4.69, 9.17) is 4.74 Å². The molecular formula is C22H21NO. The maximum atomic E-state index is 5.95. The lowest BCUT2D eigenvalue weighted by Crippen LogP contribution is -2.19. The summed E-state index contributed by atoms with van der Waals surface area (Å²) >= 11 is 0. The van der Waals surface area contributed by atoms with Crippen molar-refractivity contribution in [2.75, 3.05) is 11.4 Å². The first-order valence-electron chi connectivity index (χ1n) is 8.47. The van der Waals surface area contributed by atoms with Crippen LogP contribution in [-0.2, 0) is 19.6 Å². The van der Waals surface area contributed by atoms with Crippen LogP contribution in [0.1, 0.15) is 16.7 Å². The van der Waals surface area contributed by atoms with Crippen molar-refractivity contribution in [1.29, 1.82) is 0 Å². The topological polar surface area (TPSA) is 12.5 Å². The van der Waals surface area contributed by atoms with Crippen LogP contribution in [0.15, 0.2) is 78.9 Å². The second-order valence-electron chi connectivity index (χ2n) is 6.22. The summed E-state index contributed by atoms with van der Waals surface area (Å²) in [5.74, 6) is 0.958. The predicted molar refractivity (Wildman–Crippen MR) is 98.4 cm³/mol. The van der Waals surface area contributed by atoms with Crippen LogP contribution < -0.4 is 9.64 Å². The van der Waals surface area contributed by atoms with Gasteiger partial charge in [-0.1, -0.05) is 60.7 Å². The van der Waals surface area contributed by atoms with Gasteiger partial charge in [-0.2, -0.15) is 0 Å². The summed E-state index contributed by atoms with van der Waals surface area (Å²) in [5, 5.41) is 0. The lowest BCUT2D eigenvalue weighted by molar-refractivity contribution is 0.306. The van der Waals surface area contributed by atoms with E-state index in [-0.39, 0.29) is 0 Å². The molecule has 0 aromatic heterocycles. The van der Waals surface area contributed by atoms with Gasteiger partial charge in [0.1, 0.15) is 12.4 Å². The van der Waals surface area contributed by atoms with Gasteiger partial charge in [0.15, 0.2) is 0 Å². The average Bonchev–Trinajstić information content (AvgIpc) is 3.04. The van der Waals surface area contributed by atoms with Gasteiger partial charge in [0.25, 0.3) is 0 Å². The van der Waals surface area contributed by atoms with E-state index in [0.717, 1.165) is 25.3 Å². The van der Waals surface area contributed by atoms with Crippen molar-refractivity contribution in [2.24, 2.45) is 0 Å². The average molecular weight is 315 g/mol. The van der Waals surface area contributed by atoms with E-state index in [1.807, 2.05) is 18.2 Å². The van der Waals surface area contributed by atoms with Crippen molar-refractivity contribution in [3.8, 4) is 5.75 Å². The minimum absolute atomic E-state index is 0.618. The van der Waals surface area contributed by atoms with Crippen molar-refractivity contribution >= 4 is 5.69 Å². The van der Waals surface area contributed by atoms with Gasteiger partial charge in [-0.15, -0.1) is 0 Å². The zero-order chi connectivity index (χ0) is 16.2. The van der Waals surface area contributed by atoms with Gasteiger partial charge in [-0.3, -0.25) is 0 Å². The normalized spacial score (nSPS) is 12.9. The van der Waals surface area contributed by atoms with Crippen LogP contribution in [0.3, 0.4) is 0 Å². The van der Waals surface area contributed by atoms with Crippen molar-refractivity contribution < 1.29 is 4.74 Å². The quantitative estimate of drug-likeness (QED) is 0.669. The summed E-state index contributed by atoms with van der Waals surface area (Å²) in [6.45, 7) is 2.66. The Bertz CT molecular complexity index is 799. The van der Waals surface area contributed by atoms with Gasteiger partial charge in [0, 0.05) is 18.8 Å². The first-order valence-corrected chi connectivity index (χ1v) is 8.47. The van der Waals surface area contributed by atoms with Crippen LogP contribution in [0.4, 0.5) is 5.69 Å². The largest absolute Gasteiger partial charge is 0.489 e. The van der Waals surface area contributed by atoms with E-state index in [9.17, 15) is 0 Å². The van der Waals surface area contributed by atoms with Gasteiger partial charge in [-0.05, 0) is 41.3 Å². The molecule has 3 aromatic carbocycles. The standard InChI is InChI=1S/C22H21NO/c1-3-7-18(8-4-1)16-23-14-13-20-15-21(11-12-22(20)23)24-17-19-9-5-2-6-10-19/h1-12,15H,13-14,16-17H2. The number of rotatable bonds is 5. The molecule has 3 aromatic rings. The van der Waals surface area contributed by atoms with Crippen molar-refractivity contribution in [1.82, 2.24) is 0 Å². The van der Waals surface area contributed by atoms with Crippen LogP contribution in [-0.4, -0.2) is 6.54 Å². The van der Waals surface area contributed by atoms with Crippen LogP contribution in [0.5, 0.6) is 5.75 Å². The van der Waals surface area contributed by atoms with Gasteiger partial charge in [0.2, 0.25) is 0 Å². The molecule has 0 atom stereocenters. The van der Waals surface area contributed by atoms with Gasteiger partial charge in [0.05, 0.1) is 0 Å². The van der Waals surface area contributed by atoms with Gasteiger partial charge in [-0.25, -0.2) is 0 Å². The number of fused-ring (bicyclic) bond motifs is 1. The molecule has 24 heavy (non-hydrogen) atoms. The second-order valence-corrected chi connectivity index (χ2v) is 6.22. The Labute approximate surface area is 143 Å². The summed E-state index contributed by atoms with van der Waals surface area (Å²) < 4.78 is 5.95. The minimum Gasteiger partial charge on any atom is -0.489 e. The van der Waals surface area contributed by atoms with Crippen molar-refractivity contribution in [3.63, 3.8) is 0 Å². The third-order valence-electron chi connectivity index (χ3n) is 4.51. The van der Waals surface area contributed by atoms with Crippen LogP contribution >= 0.6 is 0 Å². The fourth-order valence-corrected chi connectivity index (χ4v) is 3.25. The predicted octanol–water partition coefficient (Wildman–Crippen LogP) is 4.83. The number of benzene rings is 3. The van der Waals surface area contributed by atoms with Crippen LogP contribution in [0.2, 0.25) is 0 Å². The SMILES string of the molecule is c1ccc(COc2ccc3c(c2)CCN3Cc2ccccc2)cc1. The monoisotopic (exact) mass is 315 g/mol. The lowest BCUT2D eigenvalue weighted by atomic mass is 10.1. The second kappa shape index (κ2) is 6.79. The van der Waals surface area contributed by atoms with E-state index in [0.29, 0.717) is 6.61 Å². The van der Waals surface area contributed by atoms with E-state index in [2.05, 4.69) is 65.6 Å². The Kier molecular flexibility index (Phi) is 4.20. The zero-order valence-electron chi connectivity index (χ0n) is 13.7. The Morgan fingerprint density at radius 3 is 2.25 bits per heavy atom. The van der Waals surface area contributed by atoms with E-state index < -0.39 is 0 Å². The molecule has 2 nitrogen and oxygen atoms in total. The Morgan fingerprint density at radius 1 is 0.792 bits per heavy atom. The molecule has 0 amide bonds. The molecule has 0 unspecified atom stereocenters. The van der Waals surface area contributed by atoms with E-state index in [1.165, 1.54) is 22.4 Å². The lowest BCUT2D eigenvalue weighted by Gasteiger charge is -2.19. The van der Waals surface area contributed by atoms with E-state index >= 15 is 0 Å². The maximum absolute atomic E-state index is 5.95. The maximum Gasteiger partial charge on any atom is 0.120 e. The van der Waals surface area contributed by atoms with Crippen molar-refractivity contribution in [3.05, 3.63) is 95.6 Å². The molecule has 2 heteroatoms. The zero-order valence-corrected chi connectivity index (χ0v) is 13.7. The number of anilines is 1. The smallest absolute Gasteiger partial charge is 0.120 e. The third-order valence-corrected chi connectivity index (χ3v) is 4.51. The summed E-state index contributed by atoms with van der Waals surface area (Å²) in [6.07, 6.45) is 1.09. The first-order chi connectivity index (χ1) is 11.9. The molecule has 1 heterocycles. The summed E-state index contributed by atoms with van der Waals surface area (Å²) in [4.78, 5) is 2.45. The number of hydrogen-bond donors (Lipinski definition) is 0.